The Kier molecular flexibility index (Phi) is 14.8. The number of aryl methyl sites for hydroxylation is 3. The fraction of sp³-hybridized carbons (Fsp3) is 0.500. The highest BCUT2D eigenvalue weighted by molar-refractivity contribution is 5.70. The summed E-state index contributed by atoms with van der Waals surface area (Å²) >= 11 is 0. The molecule has 2 saturated heterocycles. The lowest BCUT2D eigenvalue weighted by atomic mass is 9.99. The van der Waals surface area contributed by atoms with E-state index in [2.05, 4.69) is 48.0 Å². The number of carbonyl (C=O) groups excluding carboxylic acids is 1. The molecule has 0 radical (unpaired) electrons. The first kappa shape index (κ1) is 35.4. The highest BCUT2D eigenvalue weighted by Gasteiger charge is 2.32. The molecule has 250 valence electrons. The molecule has 0 aliphatic carbocycles. The van der Waals surface area contributed by atoms with Crippen LogP contribution in [0.15, 0.2) is 84.7 Å². The maximum Gasteiger partial charge on any atom is 0.306 e. The summed E-state index contributed by atoms with van der Waals surface area (Å²) < 4.78 is 23.7. The molecule has 46 heavy (non-hydrogen) atoms. The van der Waals surface area contributed by atoms with Crippen LogP contribution in [0, 0.1) is 13.8 Å². The summed E-state index contributed by atoms with van der Waals surface area (Å²) in [7, 11) is 0. The third-order valence-electron chi connectivity index (χ3n) is 8.31. The van der Waals surface area contributed by atoms with Gasteiger partial charge in [-0.2, -0.15) is 0 Å². The number of ether oxygens (including phenoxy) is 4. The Morgan fingerprint density at radius 2 is 1.76 bits per heavy atom. The highest BCUT2D eigenvalue weighted by Crippen LogP contribution is 2.22. The normalized spacial score (nSPS) is 18.5. The number of hydrogen-bond acceptors (Lipinski definition) is 8. The number of aliphatic hydroxyl groups excluding tert-OH is 1. The molecule has 2 aliphatic rings. The molecule has 0 amide bonds. The smallest absolute Gasteiger partial charge is 0.306 e. The molecule has 0 saturated carbocycles. The molecule has 0 spiro atoms. The van der Waals surface area contributed by atoms with E-state index in [9.17, 15) is 9.90 Å². The Morgan fingerprint density at radius 1 is 1.04 bits per heavy atom. The summed E-state index contributed by atoms with van der Waals surface area (Å²) in [5.74, 6) is 1.16. The Bertz CT molecular complexity index is 1260. The van der Waals surface area contributed by atoms with E-state index in [1.807, 2.05) is 43.3 Å². The molecular formula is C38H52N2O6. The lowest BCUT2D eigenvalue weighted by Gasteiger charge is -2.34. The number of unbranched alkanes of at least 4 members (excludes halogenated alkanes) is 1. The Hall–Kier alpha value is -3.43. The summed E-state index contributed by atoms with van der Waals surface area (Å²) in [4.78, 5) is 15.8. The van der Waals surface area contributed by atoms with Gasteiger partial charge in [-0.3, -0.25) is 10.1 Å². The standard InChI is InChI=1S/C38H52N2O6/c1-4-9-32(26-34-28-43-24-25-45-34)38(46-37(42)11-6-5-10-31-16-12-29(2)13-17-31)35(27-40-21-7-8-22-40)39-36(41)20-23-44-33-18-14-30(3)15-19-33/h4,9,12-19,26,35-36,38-39,41H,1,5-8,10-11,20-25,27-28H2,2-3H3/b32-9+,34-26+/t35-,36-,38-/m1/s1. The molecule has 2 aliphatic heterocycles. The maximum atomic E-state index is 13.4. The first-order valence-corrected chi connectivity index (χ1v) is 16.7. The number of nitrogens with one attached hydrogen (secondary N) is 1. The van der Waals surface area contributed by atoms with Crippen LogP contribution >= 0.6 is 0 Å². The van der Waals surface area contributed by atoms with Crippen molar-refractivity contribution in [1.82, 2.24) is 10.2 Å². The van der Waals surface area contributed by atoms with Gasteiger partial charge in [0, 0.05) is 19.4 Å². The lowest BCUT2D eigenvalue weighted by Crippen LogP contribution is -2.53. The number of esters is 1. The van der Waals surface area contributed by atoms with Crippen LogP contribution in [-0.2, 0) is 25.4 Å². The van der Waals surface area contributed by atoms with Gasteiger partial charge in [0.25, 0.3) is 0 Å². The number of hydrogen-bond donors (Lipinski definition) is 2. The van der Waals surface area contributed by atoms with Crippen molar-refractivity contribution in [3.8, 4) is 5.75 Å². The molecule has 2 N–H and O–H groups in total. The summed E-state index contributed by atoms with van der Waals surface area (Å²) in [6.07, 6.45) is 9.32. The zero-order valence-electron chi connectivity index (χ0n) is 27.6. The van der Waals surface area contributed by atoms with Crippen LogP contribution in [0.5, 0.6) is 5.75 Å². The van der Waals surface area contributed by atoms with Crippen LogP contribution in [0.3, 0.4) is 0 Å². The minimum absolute atomic E-state index is 0.270. The van der Waals surface area contributed by atoms with Crippen molar-refractivity contribution < 1.29 is 28.8 Å². The van der Waals surface area contributed by atoms with Crippen molar-refractivity contribution in [2.75, 3.05) is 46.1 Å². The molecule has 0 aromatic heterocycles. The van der Waals surface area contributed by atoms with Gasteiger partial charge < -0.3 is 29.0 Å². The number of benzene rings is 2. The number of carbonyl (C=O) groups is 1. The van der Waals surface area contributed by atoms with Gasteiger partial charge in [-0.25, -0.2) is 0 Å². The summed E-state index contributed by atoms with van der Waals surface area (Å²) in [5.41, 5.74) is 4.41. The molecule has 4 rings (SSSR count). The molecule has 2 aromatic carbocycles. The van der Waals surface area contributed by atoms with Crippen LogP contribution in [0.4, 0.5) is 0 Å². The predicted molar refractivity (Wildman–Crippen MR) is 182 cm³/mol. The van der Waals surface area contributed by atoms with Gasteiger partial charge in [-0.1, -0.05) is 66.3 Å². The summed E-state index contributed by atoms with van der Waals surface area (Å²) in [6.45, 7) is 12.3. The second-order valence-electron chi connectivity index (χ2n) is 12.3. The molecule has 2 heterocycles. The van der Waals surface area contributed by atoms with Crippen LogP contribution in [-0.4, -0.2) is 80.4 Å². The van der Waals surface area contributed by atoms with Crippen LogP contribution in [0.1, 0.15) is 55.2 Å². The lowest BCUT2D eigenvalue weighted by molar-refractivity contribution is -0.149. The molecule has 8 heteroatoms. The second-order valence-corrected chi connectivity index (χ2v) is 12.3. The maximum absolute atomic E-state index is 13.4. The molecule has 0 bridgehead atoms. The van der Waals surface area contributed by atoms with Crippen molar-refractivity contribution in [3.05, 3.63) is 101 Å². The number of likely N-dealkylation sites (tertiary alicyclic amines) is 1. The van der Waals surface area contributed by atoms with Crippen LogP contribution in [0.2, 0.25) is 0 Å². The van der Waals surface area contributed by atoms with E-state index < -0.39 is 18.4 Å². The van der Waals surface area contributed by atoms with Gasteiger partial charge in [-0.05, 0) is 88.4 Å². The van der Waals surface area contributed by atoms with E-state index >= 15 is 0 Å². The molecular weight excluding hydrogens is 580 g/mol. The van der Waals surface area contributed by atoms with Crippen molar-refractivity contribution in [2.45, 2.75) is 77.2 Å². The van der Waals surface area contributed by atoms with E-state index in [0.717, 1.165) is 62.1 Å². The Morgan fingerprint density at radius 3 is 2.43 bits per heavy atom. The number of nitrogens with zero attached hydrogens (tertiary/aromatic N) is 1. The third-order valence-corrected chi connectivity index (χ3v) is 8.31. The van der Waals surface area contributed by atoms with Crippen molar-refractivity contribution in [1.29, 1.82) is 0 Å². The number of aliphatic hydroxyl groups is 1. The first-order valence-electron chi connectivity index (χ1n) is 16.7. The zero-order valence-corrected chi connectivity index (χ0v) is 27.6. The van der Waals surface area contributed by atoms with Crippen molar-refractivity contribution >= 4 is 5.97 Å². The first-order chi connectivity index (χ1) is 22.4. The van der Waals surface area contributed by atoms with Gasteiger partial charge >= 0.3 is 5.97 Å². The quantitative estimate of drug-likeness (QED) is 0.0921. The summed E-state index contributed by atoms with van der Waals surface area (Å²) in [6, 6.07) is 16.0. The Balaban J connectivity index is 1.47. The van der Waals surface area contributed by atoms with E-state index in [1.54, 1.807) is 6.08 Å². The van der Waals surface area contributed by atoms with E-state index in [1.165, 1.54) is 11.1 Å². The van der Waals surface area contributed by atoms with E-state index in [0.29, 0.717) is 51.6 Å². The van der Waals surface area contributed by atoms with Gasteiger partial charge in [0.05, 0.1) is 19.3 Å². The highest BCUT2D eigenvalue weighted by atomic mass is 16.6. The van der Waals surface area contributed by atoms with Crippen LogP contribution < -0.4 is 10.1 Å². The van der Waals surface area contributed by atoms with Gasteiger partial charge in [0.2, 0.25) is 0 Å². The average Bonchev–Trinajstić information content (AvgIpc) is 3.57. The SMILES string of the molecule is C=C/C=C(\C=C1/COCCO1)[C@@H](OC(=O)CCCCc1ccc(C)cc1)[C@@H](CN1CCCC1)N[C@H](O)CCOc1ccc(C)cc1. The molecule has 3 atom stereocenters. The topological polar surface area (TPSA) is 89.5 Å². The largest absolute Gasteiger partial charge is 0.493 e. The van der Waals surface area contributed by atoms with Crippen molar-refractivity contribution in [3.63, 3.8) is 0 Å². The zero-order chi connectivity index (χ0) is 32.6. The fourth-order valence-electron chi connectivity index (χ4n) is 5.75. The van der Waals surface area contributed by atoms with E-state index in [4.69, 9.17) is 18.9 Å². The average molecular weight is 633 g/mol. The fourth-order valence-corrected chi connectivity index (χ4v) is 5.75. The van der Waals surface area contributed by atoms with Gasteiger partial charge in [0.15, 0.2) is 0 Å². The van der Waals surface area contributed by atoms with Gasteiger partial charge in [0.1, 0.15) is 37.1 Å². The second kappa shape index (κ2) is 19.3. The molecule has 0 unspecified atom stereocenters. The molecule has 2 aromatic rings. The minimum atomic E-state index is -0.874. The Labute approximate surface area is 275 Å². The van der Waals surface area contributed by atoms with Gasteiger partial charge in [-0.15, -0.1) is 0 Å². The molecule has 8 nitrogen and oxygen atoms in total. The van der Waals surface area contributed by atoms with E-state index in [-0.39, 0.29) is 5.97 Å². The number of allylic oxidation sites excluding steroid dienone is 2. The summed E-state index contributed by atoms with van der Waals surface area (Å²) in [5, 5.41) is 14.6. The monoisotopic (exact) mass is 632 g/mol. The third kappa shape index (κ3) is 12.4. The minimum Gasteiger partial charge on any atom is -0.493 e. The predicted octanol–water partition coefficient (Wildman–Crippen LogP) is 5.81. The number of rotatable bonds is 18. The van der Waals surface area contributed by atoms with Crippen LogP contribution in [0.25, 0.3) is 0 Å². The van der Waals surface area contributed by atoms with Crippen molar-refractivity contribution in [2.24, 2.45) is 0 Å². The molecule has 2 fully saturated rings.